The van der Waals surface area contributed by atoms with Crippen LogP contribution in [-0.2, 0) is 5.41 Å². The molecule has 78 valence electrons. The highest BCUT2D eigenvalue weighted by Crippen LogP contribution is 2.28. The van der Waals surface area contributed by atoms with Crippen molar-refractivity contribution >= 4 is 10.8 Å². The third-order valence-corrected chi connectivity index (χ3v) is 3.21. The van der Waals surface area contributed by atoms with E-state index in [0.717, 1.165) is 11.8 Å². The maximum Gasteiger partial charge on any atom is 0.0574 e. The second-order valence-corrected chi connectivity index (χ2v) is 4.57. The Morgan fingerprint density at radius 3 is 2.40 bits per heavy atom. The minimum atomic E-state index is 0.234. The number of fused-ring (bicyclic) bond motifs is 1. The molecule has 0 atom stereocenters. The lowest BCUT2D eigenvalue weighted by atomic mass is 9.82. The number of benzene rings is 1. The van der Waals surface area contributed by atoms with Gasteiger partial charge in [0, 0.05) is 10.8 Å². The molecule has 2 nitrogen and oxygen atoms in total. The lowest BCUT2D eigenvalue weighted by Gasteiger charge is -2.23. The fourth-order valence-electron chi connectivity index (χ4n) is 1.62. The predicted molar refractivity (Wildman–Crippen MR) is 62.9 cm³/mol. The highest BCUT2D eigenvalue weighted by Gasteiger charge is 2.17. The van der Waals surface area contributed by atoms with Gasteiger partial charge in [-0.1, -0.05) is 32.9 Å². The van der Waals surface area contributed by atoms with Gasteiger partial charge in [0.1, 0.15) is 0 Å². The number of hydrogen-bond donors (Lipinski definition) is 0. The lowest BCUT2D eigenvalue weighted by Crippen LogP contribution is -2.15. The quantitative estimate of drug-likeness (QED) is 0.743. The van der Waals surface area contributed by atoms with Crippen molar-refractivity contribution in [2.45, 2.75) is 32.6 Å². The molecule has 2 aromatic rings. The number of aromatic nitrogens is 2. The van der Waals surface area contributed by atoms with Gasteiger partial charge in [-0.2, -0.15) is 10.2 Å². The van der Waals surface area contributed by atoms with E-state index in [2.05, 4.69) is 49.2 Å². The fourth-order valence-corrected chi connectivity index (χ4v) is 1.62. The molecule has 0 saturated carbocycles. The summed E-state index contributed by atoms with van der Waals surface area (Å²) in [4.78, 5) is 0. The van der Waals surface area contributed by atoms with Gasteiger partial charge in [0.25, 0.3) is 0 Å². The van der Waals surface area contributed by atoms with Crippen LogP contribution >= 0.6 is 0 Å². The zero-order chi connectivity index (χ0) is 10.9. The van der Waals surface area contributed by atoms with Crippen LogP contribution in [0, 0.1) is 0 Å². The molecular weight excluding hydrogens is 184 g/mol. The van der Waals surface area contributed by atoms with Gasteiger partial charge >= 0.3 is 0 Å². The first-order valence-electron chi connectivity index (χ1n) is 5.34. The van der Waals surface area contributed by atoms with Crippen LogP contribution in [-0.4, -0.2) is 10.2 Å². The Hall–Kier alpha value is -1.44. The summed E-state index contributed by atoms with van der Waals surface area (Å²) in [6.45, 7) is 6.75. The molecule has 0 radical (unpaired) electrons. The Morgan fingerprint density at radius 2 is 1.73 bits per heavy atom. The van der Waals surface area contributed by atoms with Gasteiger partial charge in [-0.05, 0) is 23.5 Å². The van der Waals surface area contributed by atoms with Crippen molar-refractivity contribution in [3.05, 3.63) is 36.2 Å². The molecule has 0 bridgehead atoms. The van der Waals surface area contributed by atoms with Gasteiger partial charge in [0.2, 0.25) is 0 Å². The van der Waals surface area contributed by atoms with Gasteiger partial charge < -0.3 is 0 Å². The molecule has 0 aliphatic carbocycles. The summed E-state index contributed by atoms with van der Waals surface area (Å²) in [5.74, 6) is 0. The predicted octanol–water partition coefficient (Wildman–Crippen LogP) is 3.32. The van der Waals surface area contributed by atoms with E-state index in [1.165, 1.54) is 10.9 Å². The summed E-state index contributed by atoms with van der Waals surface area (Å²) >= 11 is 0. The van der Waals surface area contributed by atoms with E-state index in [-0.39, 0.29) is 5.41 Å². The van der Waals surface area contributed by atoms with Crippen molar-refractivity contribution < 1.29 is 0 Å². The normalized spacial score (nSPS) is 11.9. The summed E-state index contributed by atoms with van der Waals surface area (Å²) in [5.41, 5.74) is 1.60. The zero-order valence-corrected chi connectivity index (χ0v) is 9.49. The highest BCUT2D eigenvalue weighted by molar-refractivity contribution is 5.81. The van der Waals surface area contributed by atoms with Crippen molar-refractivity contribution in [2.75, 3.05) is 0 Å². The highest BCUT2D eigenvalue weighted by atomic mass is 15.1. The zero-order valence-electron chi connectivity index (χ0n) is 9.49. The molecule has 0 aliphatic rings. The second kappa shape index (κ2) is 3.61. The van der Waals surface area contributed by atoms with E-state index >= 15 is 0 Å². The van der Waals surface area contributed by atoms with E-state index in [9.17, 15) is 0 Å². The average molecular weight is 200 g/mol. The molecule has 0 unspecified atom stereocenters. The number of hydrogen-bond acceptors (Lipinski definition) is 2. The molecule has 15 heavy (non-hydrogen) atoms. The summed E-state index contributed by atoms with van der Waals surface area (Å²) in [6, 6.07) is 6.53. The Labute approximate surface area is 90.3 Å². The minimum absolute atomic E-state index is 0.234. The molecule has 0 saturated heterocycles. The third kappa shape index (κ3) is 1.84. The van der Waals surface area contributed by atoms with Crippen molar-refractivity contribution in [1.82, 2.24) is 10.2 Å². The van der Waals surface area contributed by atoms with Crippen LogP contribution < -0.4 is 0 Å². The van der Waals surface area contributed by atoms with Crippen LogP contribution in [0.5, 0.6) is 0 Å². The van der Waals surface area contributed by atoms with Crippen LogP contribution in [0.25, 0.3) is 10.8 Å². The van der Waals surface area contributed by atoms with E-state index < -0.39 is 0 Å². The second-order valence-electron chi connectivity index (χ2n) is 4.57. The van der Waals surface area contributed by atoms with Crippen LogP contribution in [0.1, 0.15) is 32.8 Å². The molecule has 0 fully saturated rings. The Kier molecular flexibility index (Phi) is 2.43. The maximum atomic E-state index is 3.91. The smallest absolute Gasteiger partial charge is 0.0574 e. The number of rotatable bonds is 2. The van der Waals surface area contributed by atoms with Gasteiger partial charge in [-0.3, -0.25) is 0 Å². The Balaban J connectivity index is 2.56. The van der Waals surface area contributed by atoms with Crippen molar-refractivity contribution in [1.29, 1.82) is 0 Å². The number of nitrogens with zero attached hydrogens (tertiary/aromatic N) is 2. The van der Waals surface area contributed by atoms with Crippen molar-refractivity contribution in [3.63, 3.8) is 0 Å². The summed E-state index contributed by atoms with van der Waals surface area (Å²) < 4.78 is 0. The van der Waals surface area contributed by atoms with E-state index in [1.54, 1.807) is 6.20 Å². The molecule has 1 aromatic carbocycles. The average Bonchev–Trinajstić information content (AvgIpc) is 2.28. The molecule has 1 heterocycles. The largest absolute Gasteiger partial charge is 0.158 e. The van der Waals surface area contributed by atoms with Crippen LogP contribution in [0.2, 0.25) is 0 Å². The van der Waals surface area contributed by atoms with Crippen LogP contribution in [0.4, 0.5) is 0 Å². The van der Waals surface area contributed by atoms with Gasteiger partial charge in [0.15, 0.2) is 0 Å². The fraction of sp³-hybridized carbons (Fsp3) is 0.385. The first kappa shape index (κ1) is 10.1. The molecule has 0 spiro atoms. The van der Waals surface area contributed by atoms with Crippen LogP contribution in [0.15, 0.2) is 30.6 Å². The Morgan fingerprint density at radius 1 is 1.07 bits per heavy atom. The summed E-state index contributed by atoms with van der Waals surface area (Å²) in [5, 5.41) is 10.1. The SMILES string of the molecule is CCC(C)(C)c1ccc2cnncc2c1. The molecule has 0 N–H and O–H groups in total. The topological polar surface area (TPSA) is 25.8 Å². The van der Waals surface area contributed by atoms with E-state index in [4.69, 9.17) is 0 Å². The molecular formula is C13H16N2. The molecule has 0 amide bonds. The van der Waals surface area contributed by atoms with Gasteiger partial charge in [-0.25, -0.2) is 0 Å². The maximum absolute atomic E-state index is 3.91. The summed E-state index contributed by atoms with van der Waals surface area (Å²) in [6.07, 6.45) is 4.76. The van der Waals surface area contributed by atoms with E-state index in [1.807, 2.05) is 6.20 Å². The minimum Gasteiger partial charge on any atom is -0.158 e. The first-order chi connectivity index (χ1) is 7.13. The standard InChI is InChI=1S/C13H16N2/c1-4-13(2,3)12-6-5-10-8-14-15-9-11(10)7-12/h5-9H,4H2,1-3H3. The van der Waals surface area contributed by atoms with Gasteiger partial charge in [0.05, 0.1) is 12.4 Å². The third-order valence-electron chi connectivity index (χ3n) is 3.21. The Bertz CT molecular complexity index is 475. The summed E-state index contributed by atoms with van der Waals surface area (Å²) in [7, 11) is 0. The monoisotopic (exact) mass is 200 g/mol. The lowest BCUT2D eigenvalue weighted by molar-refractivity contribution is 0.507. The van der Waals surface area contributed by atoms with E-state index in [0.29, 0.717) is 0 Å². The van der Waals surface area contributed by atoms with Crippen LogP contribution in [0.3, 0.4) is 0 Å². The van der Waals surface area contributed by atoms with Crippen molar-refractivity contribution in [2.24, 2.45) is 0 Å². The molecule has 0 aliphatic heterocycles. The first-order valence-corrected chi connectivity index (χ1v) is 5.34. The molecule has 2 heteroatoms. The molecule has 2 rings (SSSR count). The molecule has 1 aromatic heterocycles. The van der Waals surface area contributed by atoms with Gasteiger partial charge in [-0.15, -0.1) is 0 Å². The van der Waals surface area contributed by atoms with Crippen molar-refractivity contribution in [3.8, 4) is 0 Å².